The van der Waals surface area contributed by atoms with E-state index in [0.717, 1.165) is 50.3 Å². The first-order chi connectivity index (χ1) is 9.24. The van der Waals surface area contributed by atoms with Crippen molar-refractivity contribution in [3.05, 3.63) is 35.4 Å². The predicted octanol–water partition coefficient (Wildman–Crippen LogP) is 0.966. The smallest absolute Gasteiger partial charge is 0.253 e. The van der Waals surface area contributed by atoms with Gasteiger partial charge in [0.1, 0.15) is 0 Å². The van der Waals surface area contributed by atoms with Gasteiger partial charge in [0.05, 0.1) is 0 Å². The lowest BCUT2D eigenvalue weighted by Gasteiger charge is -2.34. The number of rotatable bonds is 4. The van der Waals surface area contributed by atoms with Gasteiger partial charge in [0.15, 0.2) is 0 Å². The SMILES string of the molecule is CCN1CCN(C(=O)c2cccc(CCN)c2)CC1. The maximum absolute atomic E-state index is 12.4. The highest BCUT2D eigenvalue weighted by Crippen LogP contribution is 2.11. The number of amides is 1. The van der Waals surface area contributed by atoms with E-state index in [2.05, 4.69) is 11.8 Å². The summed E-state index contributed by atoms with van der Waals surface area (Å²) in [4.78, 5) is 16.7. The Hall–Kier alpha value is -1.39. The summed E-state index contributed by atoms with van der Waals surface area (Å²) in [6, 6.07) is 7.84. The molecule has 1 amide bonds. The molecule has 2 N–H and O–H groups in total. The molecule has 0 saturated carbocycles. The molecule has 1 fully saturated rings. The fourth-order valence-corrected chi connectivity index (χ4v) is 2.48. The molecule has 104 valence electrons. The van der Waals surface area contributed by atoms with Crippen LogP contribution in [0.15, 0.2) is 24.3 Å². The van der Waals surface area contributed by atoms with Gasteiger partial charge in [0.25, 0.3) is 5.91 Å². The predicted molar refractivity (Wildman–Crippen MR) is 77.2 cm³/mol. The Morgan fingerprint density at radius 3 is 2.63 bits per heavy atom. The molecule has 0 aliphatic carbocycles. The molecule has 0 atom stereocenters. The summed E-state index contributed by atoms with van der Waals surface area (Å²) in [7, 11) is 0. The van der Waals surface area contributed by atoms with Crippen LogP contribution in [-0.2, 0) is 6.42 Å². The van der Waals surface area contributed by atoms with Gasteiger partial charge in [-0.25, -0.2) is 0 Å². The second-order valence-corrected chi connectivity index (χ2v) is 4.97. The van der Waals surface area contributed by atoms with E-state index in [4.69, 9.17) is 5.73 Å². The van der Waals surface area contributed by atoms with Crippen molar-refractivity contribution in [2.45, 2.75) is 13.3 Å². The first kappa shape index (κ1) is 14.0. The molecule has 0 spiro atoms. The molecule has 0 unspecified atom stereocenters. The van der Waals surface area contributed by atoms with Crippen molar-refractivity contribution in [3.8, 4) is 0 Å². The normalized spacial score (nSPS) is 16.6. The van der Waals surface area contributed by atoms with Crippen molar-refractivity contribution < 1.29 is 4.79 Å². The molecule has 1 aromatic rings. The van der Waals surface area contributed by atoms with Crippen LogP contribution in [-0.4, -0.2) is 55.0 Å². The highest BCUT2D eigenvalue weighted by atomic mass is 16.2. The lowest BCUT2D eigenvalue weighted by molar-refractivity contribution is 0.0643. The topological polar surface area (TPSA) is 49.6 Å². The minimum absolute atomic E-state index is 0.148. The lowest BCUT2D eigenvalue weighted by Crippen LogP contribution is -2.48. The lowest BCUT2D eigenvalue weighted by atomic mass is 10.1. The first-order valence-corrected chi connectivity index (χ1v) is 7.05. The van der Waals surface area contributed by atoms with Gasteiger partial charge in [-0.1, -0.05) is 19.1 Å². The molecule has 19 heavy (non-hydrogen) atoms. The number of carbonyl (C=O) groups is 1. The summed E-state index contributed by atoms with van der Waals surface area (Å²) in [5.41, 5.74) is 7.49. The highest BCUT2D eigenvalue weighted by Gasteiger charge is 2.21. The Bertz CT molecular complexity index is 425. The highest BCUT2D eigenvalue weighted by molar-refractivity contribution is 5.94. The second kappa shape index (κ2) is 6.68. The number of benzene rings is 1. The summed E-state index contributed by atoms with van der Waals surface area (Å²) in [6.45, 7) is 7.45. The van der Waals surface area contributed by atoms with E-state index >= 15 is 0 Å². The number of likely N-dealkylation sites (N-methyl/N-ethyl adjacent to an activating group) is 1. The number of hydrogen-bond donors (Lipinski definition) is 1. The molecule has 1 aliphatic rings. The third-order valence-electron chi connectivity index (χ3n) is 3.71. The van der Waals surface area contributed by atoms with Crippen LogP contribution in [0.4, 0.5) is 0 Å². The van der Waals surface area contributed by atoms with Crippen molar-refractivity contribution in [2.75, 3.05) is 39.3 Å². The van der Waals surface area contributed by atoms with Gasteiger partial charge in [-0.15, -0.1) is 0 Å². The quantitative estimate of drug-likeness (QED) is 0.878. The molecule has 1 aliphatic heterocycles. The number of carbonyl (C=O) groups excluding carboxylic acids is 1. The number of hydrogen-bond acceptors (Lipinski definition) is 3. The molecular formula is C15H23N3O. The van der Waals surface area contributed by atoms with Crippen molar-refractivity contribution in [1.29, 1.82) is 0 Å². The van der Waals surface area contributed by atoms with Gasteiger partial charge in [0.2, 0.25) is 0 Å². The Morgan fingerprint density at radius 2 is 2.00 bits per heavy atom. The molecule has 1 heterocycles. The van der Waals surface area contributed by atoms with Gasteiger partial charge in [-0.3, -0.25) is 4.79 Å². The molecule has 0 aromatic heterocycles. The van der Waals surface area contributed by atoms with Crippen LogP contribution in [0, 0.1) is 0 Å². The van der Waals surface area contributed by atoms with Gasteiger partial charge < -0.3 is 15.5 Å². The Kier molecular flexibility index (Phi) is 4.93. The summed E-state index contributed by atoms with van der Waals surface area (Å²) in [5.74, 6) is 0.148. The number of nitrogens with two attached hydrogens (primary N) is 1. The number of piperazine rings is 1. The zero-order chi connectivity index (χ0) is 13.7. The van der Waals surface area contributed by atoms with Gasteiger partial charge in [-0.05, 0) is 37.2 Å². The van der Waals surface area contributed by atoms with Crippen LogP contribution in [0.25, 0.3) is 0 Å². The van der Waals surface area contributed by atoms with E-state index in [1.54, 1.807) is 0 Å². The zero-order valence-electron chi connectivity index (χ0n) is 11.6. The van der Waals surface area contributed by atoms with Crippen LogP contribution in [0.3, 0.4) is 0 Å². The summed E-state index contributed by atoms with van der Waals surface area (Å²) >= 11 is 0. The van der Waals surface area contributed by atoms with Crippen molar-refractivity contribution in [3.63, 3.8) is 0 Å². The molecule has 4 heteroatoms. The summed E-state index contributed by atoms with van der Waals surface area (Å²) in [5, 5.41) is 0. The minimum atomic E-state index is 0.148. The summed E-state index contributed by atoms with van der Waals surface area (Å²) < 4.78 is 0. The van der Waals surface area contributed by atoms with Crippen LogP contribution >= 0.6 is 0 Å². The van der Waals surface area contributed by atoms with E-state index in [1.807, 2.05) is 29.2 Å². The van der Waals surface area contributed by atoms with Gasteiger partial charge in [0, 0.05) is 31.7 Å². The molecule has 1 saturated heterocycles. The molecular weight excluding hydrogens is 238 g/mol. The molecule has 2 rings (SSSR count). The fourth-order valence-electron chi connectivity index (χ4n) is 2.48. The number of nitrogens with zero attached hydrogens (tertiary/aromatic N) is 2. The second-order valence-electron chi connectivity index (χ2n) is 4.97. The van der Waals surface area contributed by atoms with Crippen LogP contribution in [0.1, 0.15) is 22.8 Å². The van der Waals surface area contributed by atoms with Crippen LogP contribution in [0.5, 0.6) is 0 Å². The van der Waals surface area contributed by atoms with E-state index in [0.29, 0.717) is 6.54 Å². The largest absolute Gasteiger partial charge is 0.336 e. The van der Waals surface area contributed by atoms with Gasteiger partial charge >= 0.3 is 0 Å². The van der Waals surface area contributed by atoms with E-state index in [-0.39, 0.29) is 5.91 Å². The minimum Gasteiger partial charge on any atom is -0.336 e. The monoisotopic (exact) mass is 261 g/mol. The van der Waals surface area contributed by atoms with Gasteiger partial charge in [-0.2, -0.15) is 0 Å². The van der Waals surface area contributed by atoms with Crippen molar-refractivity contribution in [2.24, 2.45) is 5.73 Å². The molecule has 4 nitrogen and oxygen atoms in total. The molecule has 0 bridgehead atoms. The Morgan fingerprint density at radius 1 is 1.26 bits per heavy atom. The Labute approximate surface area is 115 Å². The van der Waals surface area contributed by atoms with Crippen molar-refractivity contribution >= 4 is 5.91 Å². The van der Waals surface area contributed by atoms with Crippen LogP contribution in [0.2, 0.25) is 0 Å². The molecule has 1 aromatic carbocycles. The molecule has 0 radical (unpaired) electrons. The van der Waals surface area contributed by atoms with Crippen molar-refractivity contribution in [1.82, 2.24) is 9.80 Å². The first-order valence-electron chi connectivity index (χ1n) is 7.05. The van der Waals surface area contributed by atoms with Crippen LogP contribution < -0.4 is 5.73 Å². The fraction of sp³-hybridized carbons (Fsp3) is 0.533. The Balaban J connectivity index is 2.01. The zero-order valence-corrected chi connectivity index (χ0v) is 11.6. The maximum Gasteiger partial charge on any atom is 0.253 e. The summed E-state index contributed by atoms with van der Waals surface area (Å²) in [6.07, 6.45) is 0.824. The van der Waals surface area contributed by atoms with E-state index in [9.17, 15) is 4.79 Å². The average molecular weight is 261 g/mol. The standard InChI is InChI=1S/C15H23N3O/c1-2-17-8-10-18(11-9-17)15(19)14-5-3-4-13(12-14)6-7-16/h3-5,12H,2,6-11,16H2,1H3. The third kappa shape index (κ3) is 3.55. The third-order valence-corrected chi connectivity index (χ3v) is 3.71. The van der Waals surface area contributed by atoms with E-state index in [1.165, 1.54) is 0 Å². The average Bonchev–Trinajstić information content (AvgIpc) is 2.47. The van der Waals surface area contributed by atoms with E-state index < -0.39 is 0 Å². The maximum atomic E-state index is 12.4.